The highest BCUT2D eigenvalue weighted by Gasteiger charge is 2.35. The molecule has 0 bridgehead atoms. The maximum atomic E-state index is 12.8. The van der Waals surface area contributed by atoms with E-state index in [0.29, 0.717) is 11.6 Å². The molecule has 0 saturated carbocycles. The Bertz CT molecular complexity index is 692. The second-order valence-electron chi connectivity index (χ2n) is 6.11. The Morgan fingerprint density at radius 1 is 1.25 bits per heavy atom. The number of halogens is 3. The lowest BCUT2D eigenvalue weighted by atomic mass is 10.1. The summed E-state index contributed by atoms with van der Waals surface area (Å²) in [6.07, 6.45) is -1.24. The molecule has 2 rings (SSSR count). The van der Waals surface area contributed by atoms with E-state index in [0.717, 1.165) is 25.1 Å². The molecule has 0 spiro atoms. The summed E-state index contributed by atoms with van der Waals surface area (Å²) in [6.45, 7) is 8.54. The smallest absolute Gasteiger partial charge is 0.337 e. The van der Waals surface area contributed by atoms with Crippen LogP contribution in [0.3, 0.4) is 0 Å². The van der Waals surface area contributed by atoms with Gasteiger partial charge < -0.3 is 5.32 Å². The first-order chi connectivity index (χ1) is 11.2. The highest BCUT2D eigenvalue weighted by Crippen LogP contribution is 2.28. The molecular weight excluding hydrogens is 319 g/mol. The van der Waals surface area contributed by atoms with Crippen LogP contribution in [0.4, 0.5) is 24.7 Å². The van der Waals surface area contributed by atoms with Crippen LogP contribution in [0, 0.1) is 12.8 Å². The standard InChI is InChI=1S/C16H22F3N5/c1-5-13-12(9-20-24(13)7-6-10(2)3)22-14-8-11(4)21-15(23-14)16(17,18)19/h8-10H,5-7H2,1-4H3,(H,21,22,23). The van der Waals surface area contributed by atoms with E-state index in [1.165, 1.54) is 13.0 Å². The molecule has 1 N–H and O–H groups in total. The topological polar surface area (TPSA) is 55.6 Å². The maximum absolute atomic E-state index is 12.8. The molecule has 2 heterocycles. The van der Waals surface area contributed by atoms with Crippen LogP contribution < -0.4 is 5.32 Å². The summed E-state index contributed by atoms with van der Waals surface area (Å²) < 4.78 is 40.4. The van der Waals surface area contributed by atoms with Crippen LogP contribution in [-0.2, 0) is 19.1 Å². The van der Waals surface area contributed by atoms with Crippen LogP contribution in [0.1, 0.15) is 44.4 Å². The van der Waals surface area contributed by atoms with Crippen molar-refractivity contribution in [3.05, 3.63) is 29.5 Å². The largest absolute Gasteiger partial charge is 0.451 e. The van der Waals surface area contributed by atoms with Crippen molar-refractivity contribution < 1.29 is 13.2 Å². The van der Waals surface area contributed by atoms with Gasteiger partial charge in [0, 0.05) is 18.3 Å². The number of anilines is 2. The number of rotatable bonds is 6. The lowest BCUT2D eigenvalue weighted by Gasteiger charge is -2.12. The zero-order valence-electron chi connectivity index (χ0n) is 14.3. The molecule has 8 heteroatoms. The summed E-state index contributed by atoms with van der Waals surface area (Å²) in [5.74, 6) is -0.475. The second-order valence-corrected chi connectivity index (χ2v) is 6.11. The van der Waals surface area contributed by atoms with Gasteiger partial charge >= 0.3 is 6.18 Å². The van der Waals surface area contributed by atoms with Gasteiger partial charge in [-0.1, -0.05) is 20.8 Å². The Labute approximate surface area is 139 Å². The molecular formula is C16H22F3N5. The number of hydrogen-bond donors (Lipinski definition) is 1. The first-order valence-corrected chi connectivity index (χ1v) is 7.95. The number of aromatic nitrogens is 4. The number of nitrogens with one attached hydrogen (secondary N) is 1. The zero-order valence-corrected chi connectivity index (χ0v) is 14.3. The molecule has 0 saturated heterocycles. The van der Waals surface area contributed by atoms with E-state index in [1.54, 1.807) is 6.20 Å². The van der Waals surface area contributed by atoms with Crippen LogP contribution in [-0.4, -0.2) is 19.7 Å². The Kier molecular flexibility index (Phi) is 5.46. The van der Waals surface area contributed by atoms with Gasteiger partial charge in [-0.2, -0.15) is 18.3 Å². The van der Waals surface area contributed by atoms with Gasteiger partial charge in [0.15, 0.2) is 0 Å². The first-order valence-electron chi connectivity index (χ1n) is 7.95. The summed E-state index contributed by atoms with van der Waals surface area (Å²) in [5, 5.41) is 7.29. The van der Waals surface area contributed by atoms with Crippen LogP contribution in [0.5, 0.6) is 0 Å². The van der Waals surface area contributed by atoms with Gasteiger partial charge in [-0.05, 0) is 25.7 Å². The van der Waals surface area contributed by atoms with Gasteiger partial charge in [-0.25, -0.2) is 9.97 Å². The molecule has 0 aromatic carbocycles. The minimum absolute atomic E-state index is 0.118. The van der Waals surface area contributed by atoms with Crippen molar-refractivity contribution in [2.45, 2.75) is 53.3 Å². The number of aryl methyl sites for hydroxylation is 2. The Morgan fingerprint density at radius 3 is 2.54 bits per heavy atom. The molecule has 0 aliphatic rings. The predicted octanol–water partition coefficient (Wildman–Crippen LogP) is 4.35. The average Bonchev–Trinajstić information content (AvgIpc) is 2.85. The monoisotopic (exact) mass is 341 g/mol. The third-order valence-electron chi connectivity index (χ3n) is 3.57. The van der Waals surface area contributed by atoms with Gasteiger partial charge in [-0.15, -0.1) is 0 Å². The minimum atomic E-state index is -4.57. The highest BCUT2D eigenvalue weighted by atomic mass is 19.4. The Morgan fingerprint density at radius 2 is 1.96 bits per heavy atom. The lowest BCUT2D eigenvalue weighted by molar-refractivity contribution is -0.145. The van der Waals surface area contributed by atoms with E-state index in [-0.39, 0.29) is 11.5 Å². The average molecular weight is 341 g/mol. The number of nitrogens with zero attached hydrogens (tertiary/aromatic N) is 4. The molecule has 0 atom stereocenters. The van der Waals surface area contributed by atoms with Gasteiger partial charge in [0.2, 0.25) is 5.82 Å². The van der Waals surface area contributed by atoms with Crippen molar-refractivity contribution in [1.82, 2.24) is 19.7 Å². The van der Waals surface area contributed by atoms with Crippen LogP contribution >= 0.6 is 0 Å². The number of hydrogen-bond acceptors (Lipinski definition) is 4. The fourth-order valence-corrected chi connectivity index (χ4v) is 2.36. The van der Waals surface area contributed by atoms with E-state index in [1.807, 2.05) is 11.6 Å². The highest BCUT2D eigenvalue weighted by molar-refractivity contribution is 5.58. The van der Waals surface area contributed by atoms with Gasteiger partial charge in [0.05, 0.1) is 17.6 Å². The summed E-state index contributed by atoms with van der Waals surface area (Å²) in [6, 6.07) is 1.49. The van der Waals surface area contributed by atoms with Gasteiger partial charge in [0.25, 0.3) is 0 Å². The minimum Gasteiger partial charge on any atom is -0.337 e. The summed E-state index contributed by atoms with van der Waals surface area (Å²) in [7, 11) is 0. The summed E-state index contributed by atoms with van der Waals surface area (Å²) in [4.78, 5) is 7.02. The van der Waals surface area contributed by atoms with Crippen molar-refractivity contribution >= 4 is 11.5 Å². The van der Waals surface area contributed by atoms with Crippen LogP contribution in [0.25, 0.3) is 0 Å². The second kappa shape index (κ2) is 7.19. The lowest BCUT2D eigenvalue weighted by Crippen LogP contribution is -2.13. The van der Waals surface area contributed by atoms with Crippen molar-refractivity contribution in [2.75, 3.05) is 5.32 Å². The molecule has 0 fully saturated rings. The molecule has 24 heavy (non-hydrogen) atoms. The predicted molar refractivity (Wildman–Crippen MR) is 86.1 cm³/mol. The molecule has 0 amide bonds. The fraction of sp³-hybridized carbons (Fsp3) is 0.562. The van der Waals surface area contributed by atoms with Crippen LogP contribution in [0.2, 0.25) is 0 Å². The van der Waals surface area contributed by atoms with Crippen molar-refractivity contribution in [1.29, 1.82) is 0 Å². The third-order valence-corrected chi connectivity index (χ3v) is 3.57. The van der Waals surface area contributed by atoms with E-state index in [4.69, 9.17) is 0 Å². The molecule has 0 radical (unpaired) electrons. The normalized spacial score (nSPS) is 12.0. The molecule has 0 aliphatic heterocycles. The molecule has 5 nitrogen and oxygen atoms in total. The van der Waals surface area contributed by atoms with Crippen molar-refractivity contribution in [3.8, 4) is 0 Å². The summed E-state index contributed by atoms with van der Waals surface area (Å²) >= 11 is 0. The third kappa shape index (κ3) is 4.46. The molecule has 2 aromatic heterocycles. The quantitative estimate of drug-likeness (QED) is 0.848. The summed E-state index contributed by atoms with van der Waals surface area (Å²) in [5.41, 5.74) is 1.87. The Balaban J connectivity index is 2.27. The van der Waals surface area contributed by atoms with Crippen molar-refractivity contribution in [2.24, 2.45) is 5.92 Å². The fourth-order valence-electron chi connectivity index (χ4n) is 2.36. The van der Waals surface area contributed by atoms with E-state index < -0.39 is 12.0 Å². The molecule has 0 unspecified atom stereocenters. The van der Waals surface area contributed by atoms with Crippen molar-refractivity contribution in [3.63, 3.8) is 0 Å². The molecule has 2 aromatic rings. The molecule has 0 aliphatic carbocycles. The zero-order chi connectivity index (χ0) is 17.9. The van der Waals surface area contributed by atoms with Gasteiger partial charge in [-0.3, -0.25) is 4.68 Å². The van der Waals surface area contributed by atoms with Gasteiger partial charge in [0.1, 0.15) is 5.82 Å². The SMILES string of the molecule is CCc1c(Nc2cc(C)nc(C(F)(F)F)n2)cnn1CCC(C)C. The maximum Gasteiger partial charge on any atom is 0.451 e. The first kappa shape index (κ1) is 18.2. The number of alkyl halides is 3. The molecule has 132 valence electrons. The Hall–Kier alpha value is -2.12. The van der Waals surface area contributed by atoms with Crippen LogP contribution in [0.15, 0.2) is 12.3 Å². The van der Waals surface area contributed by atoms with E-state index in [2.05, 4.69) is 34.2 Å². The van der Waals surface area contributed by atoms with E-state index >= 15 is 0 Å². The van der Waals surface area contributed by atoms with E-state index in [9.17, 15) is 13.2 Å².